The lowest BCUT2D eigenvalue weighted by Crippen LogP contribution is -2.46. The van der Waals surface area contributed by atoms with Crippen LogP contribution in [0.5, 0.6) is 0 Å². The standard InChI is InChI=1S/C13H22N4O3/c1-5-17-8-9(7-14-17)15-12(20)16-10(6-11(18)19)13(2,3)4/h7-8,10H,5-6H2,1-4H3,(H,18,19)(H2,15,16,20). The van der Waals surface area contributed by atoms with Gasteiger partial charge in [-0.1, -0.05) is 20.8 Å². The third-order valence-electron chi connectivity index (χ3n) is 2.94. The van der Waals surface area contributed by atoms with Crippen LogP contribution in [-0.2, 0) is 11.3 Å². The fraction of sp³-hybridized carbons (Fsp3) is 0.615. The van der Waals surface area contributed by atoms with E-state index < -0.39 is 18.0 Å². The first-order chi connectivity index (χ1) is 9.22. The van der Waals surface area contributed by atoms with Crippen molar-refractivity contribution in [3.8, 4) is 0 Å². The summed E-state index contributed by atoms with van der Waals surface area (Å²) in [6.45, 7) is 8.31. The number of aliphatic carboxylic acids is 1. The topological polar surface area (TPSA) is 96.2 Å². The van der Waals surface area contributed by atoms with Gasteiger partial charge in [0.1, 0.15) is 0 Å². The van der Waals surface area contributed by atoms with Crippen LogP contribution in [0.15, 0.2) is 12.4 Å². The first-order valence-corrected chi connectivity index (χ1v) is 6.54. The lowest BCUT2D eigenvalue weighted by molar-refractivity contribution is -0.138. The average molecular weight is 282 g/mol. The second-order valence-corrected chi connectivity index (χ2v) is 5.70. The quantitative estimate of drug-likeness (QED) is 0.768. The van der Waals surface area contributed by atoms with E-state index in [2.05, 4.69) is 15.7 Å². The molecule has 0 radical (unpaired) electrons. The molecule has 0 aromatic carbocycles. The molecular weight excluding hydrogens is 260 g/mol. The zero-order valence-electron chi connectivity index (χ0n) is 12.3. The number of amides is 2. The van der Waals surface area contributed by atoms with Crippen LogP contribution >= 0.6 is 0 Å². The highest BCUT2D eigenvalue weighted by molar-refractivity contribution is 5.89. The third kappa shape index (κ3) is 4.91. The molecule has 7 heteroatoms. The molecule has 1 aromatic rings. The van der Waals surface area contributed by atoms with Gasteiger partial charge in [-0.2, -0.15) is 5.10 Å². The summed E-state index contributed by atoms with van der Waals surface area (Å²) < 4.78 is 1.69. The van der Waals surface area contributed by atoms with Gasteiger partial charge in [-0.3, -0.25) is 9.48 Å². The summed E-state index contributed by atoms with van der Waals surface area (Å²) in [7, 11) is 0. The van der Waals surface area contributed by atoms with Gasteiger partial charge in [-0.15, -0.1) is 0 Å². The van der Waals surface area contributed by atoms with Crippen molar-refractivity contribution in [3.63, 3.8) is 0 Å². The second kappa shape index (κ2) is 6.40. The molecule has 0 bridgehead atoms. The number of nitrogens with one attached hydrogen (secondary N) is 2. The molecule has 7 nitrogen and oxygen atoms in total. The summed E-state index contributed by atoms with van der Waals surface area (Å²) in [4.78, 5) is 22.7. The molecule has 0 spiro atoms. The van der Waals surface area contributed by atoms with E-state index in [1.807, 2.05) is 27.7 Å². The highest BCUT2D eigenvalue weighted by Crippen LogP contribution is 2.22. The van der Waals surface area contributed by atoms with Gasteiger partial charge in [0.15, 0.2) is 0 Å². The van der Waals surface area contributed by atoms with Crippen LogP contribution in [-0.4, -0.2) is 32.9 Å². The smallest absolute Gasteiger partial charge is 0.319 e. The van der Waals surface area contributed by atoms with E-state index in [0.29, 0.717) is 12.2 Å². The molecule has 1 unspecified atom stereocenters. The summed E-state index contributed by atoms with van der Waals surface area (Å²) in [5, 5.41) is 18.3. The van der Waals surface area contributed by atoms with Gasteiger partial charge in [0.05, 0.1) is 18.3 Å². The largest absolute Gasteiger partial charge is 0.481 e. The Hall–Kier alpha value is -2.05. The minimum atomic E-state index is -0.941. The number of hydrogen-bond acceptors (Lipinski definition) is 3. The Balaban J connectivity index is 2.64. The van der Waals surface area contributed by atoms with Crippen molar-refractivity contribution in [1.82, 2.24) is 15.1 Å². The van der Waals surface area contributed by atoms with Crippen molar-refractivity contribution in [2.24, 2.45) is 5.41 Å². The number of rotatable bonds is 5. The van der Waals surface area contributed by atoms with E-state index in [9.17, 15) is 9.59 Å². The van der Waals surface area contributed by atoms with Gasteiger partial charge in [0, 0.05) is 18.8 Å². The van der Waals surface area contributed by atoms with Gasteiger partial charge in [0.25, 0.3) is 0 Å². The molecule has 1 aromatic heterocycles. The molecule has 1 atom stereocenters. The monoisotopic (exact) mass is 282 g/mol. The lowest BCUT2D eigenvalue weighted by Gasteiger charge is -2.30. The maximum atomic E-state index is 11.9. The highest BCUT2D eigenvalue weighted by Gasteiger charge is 2.28. The summed E-state index contributed by atoms with van der Waals surface area (Å²) in [5.74, 6) is -0.941. The Labute approximate surface area is 118 Å². The van der Waals surface area contributed by atoms with Crippen molar-refractivity contribution in [2.75, 3.05) is 5.32 Å². The van der Waals surface area contributed by atoms with E-state index in [1.165, 1.54) is 0 Å². The maximum absolute atomic E-state index is 11.9. The Morgan fingerprint density at radius 3 is 2.55 bits per heavy atom. The average Bonchev–Trinajstić information content (AvgIpc) is 2.74. The summed E-state index contributed by atoms with van der Waals surface area (Å²) in [6, 6.07) is -0.886. The second-order valence-electron chi connectivity index (χ2n) is 5.70. The summed E-state index contributed by atoms with van der Waals surface area (Å²) in [5.41, 5.74) is 0.232. The number of aryl methyl sites for hydroxylation is 1. The number of carbonyl (C=O) groups excluding carboxylic acids is 1. The Morgan fingerprint density at radius 1 is 1.45 bits per heavy atom. The minimum absolute atomic E-state index is 0.120. The zero-order valence-corrected chi connectivity index (χ0v) is 12.3. The molecule has 0 aliphatic carbocycles. The number of urea groups is 1. The van der Waals surface area contributed by atoms with Crippen LogP contribution in [0.4, 0.5) is 10.5 Å². The predicted octanol–water partition coefficient (Wildman–Crippen LogP) is 1.91. The molecule has 1 rings (SSSR count). The van der Waals surface area contributed by atoms with Gasteiger partial charge in [-0.05, 0) is 12.3 Å². The Kier molecular flexibility index (Phi) is 5.12. The molecular formula is C13H22N4O3. The number of carbonyl (C=O) groups is 2. The first-order valence-electron chi connectivity index (χ1n) is 6.54. The van der Waals surface area contributed by atoms with Crippen molar-refractivity contribution >= 4 is 17.7 Å². The van der Waals surface area contributed by atoms with Crippen LogP contribution in [0.3, 0.4) is 0 Å². The number of anilines is 1. The van der Waals surface area contributed by atoms with Crippen LogP contribution < -0.4 is 10.6 Å². The van der Waals surface area contributed by atoms with Gasteiger partial charge < -0.3 is 15.7 Å². The van der Waals surface area contributed by atoms with Crippen molar-refractivity contribution in [2.45, 2.75) is 46.7 Å². The van der Waals surface area contributed by atoms with Crippen LogP contribution in [0.1, 0.15) is 34.1 Å². The molecule has 112 valence electrons. The highest BCUT2D eigenvalue weighted by atomic mass is 16.4. The van der Waals surface area contributed by atoms with Crippen molar-refractivity contribution in [3.05, 3.63) is 12.4 Å². The normalized spacial score (nSPS) is 12.8. The van der Waals surface area contributed by atoms with E-state index in [-0.39, 0.29) is 11.8 Å². The minimum Gasteiger partial charge on any atom is -0.481 e. The zero-order chi connectivity index (χ0) is 15.3. The Morgan fingerprint density at radius 2 is 2.10 bits per heavy atom. The molecule has 3 N–H and O–H groups in total. The predicted molar refractivity (Wildman–Crippen MR) is 75.6 cm³/mol. The molecule has 0 saturated heterocycles. The molecule has 1 heterocycles. The first kappa shape index (κ1) is 16.0. The maximum Gasteiger partial charge on any atom is 0.319 e. The van der Waals surface area contributed by atoms with E-state index in [1.54, 1.807) is 17.1 Å². The third-order valence-corrected chi connectivity index (χ3v) is 2.94. The van der Waals surface area contributed by atoms with E-state index >= 15 is 0 Å². The number of carboxylic acids is 1. The SMILES string of the molecule is CCn1cc(NC(=O)NC(CC(=O)O)C(C)(C)C)cn1. The summed E-state index contributed by atoms with van der Waals surface area (Å²) in [6.07, 6.45) is 3.14. The number of hydrogen-bond donors (Lipinski definition) is 3. The fourth-order valence-electron chi connectivity index (χ4n) is 1.67. The fourth-order valence-corrected chi connectivity index (χ4v) is 1.67. The molecule has 0 aliphatic heterocycles. The van der Waals surface area contributed by atoms with Crippen LogP contribution in [0.2, 0.25) is 0 Å². The molecule has 0 fully saturated rings. The van der Waals surface area contributed by atoms with E-state index in [4.69, 9.17) is 5.11 Å². The Bertz CT molecular complexity index is 476. The van der Waals surface area contributed by atoms with Gasteiger partial charge in [0.2, 0.25) is 0 Å². The summed E-state index contributed by atoms with van der Waals surface area (Å²) >= 11 is 0. The van der Waals surface area contributed by atoms with Crippen molar-refractivity contribution in [1.29, 1.82) is 0 Å². The molecule has 0 aliphatic rings. The molecule has 20 heavy (non-hydrogen) atoms. The number of carboxylic acid groups (broad SMARTS) is 1. The molecule has 2 amide bonds. The lowest BCUT2D eigenvalue weighted by atomic mass is 9.85. The van der Waals surface area contributed by atoms with Gasteiger partial charge >= 0.3 is 12.0 Å². The van der Waals surface area contributed by atoms with Crippen LogP contribution in [0.25, 0.3) is 0 Å². The van der Waals surface area contributed by atoms with E-state index in [0.717, 1.165) is 0 Å². The van der Waals surface area contributed by atoms with Gasteiger partial charge in [-0.25, -0.2) is 4.79 Å². The molecule has 0 saturated carbocycles. The number of nitrogens with zero attached hydrogens (tertiary/aromatic N) is 2. The number of aromatic nitrogens is 2. The van der Waals surface area contributed by atoms with Crippen LogP contribution in [0, 0.1) is 5.41 Å². The van der Waals surface area contributed by atoms with Crippen molar-refractivity contribution < 1.29 is 14.7 Å².